The van der Waals surface area contributed by atoms with Gasteiger partial charge in [-0.1, -0.05) is 6.42 Å². The predicted octanol–water partition coefficient (Wildman–Crippen LogP) is 4.37. The van der Waals surface area contributed by atoms with Crippen molar-refractivity contribution in [1.29, 1.82) is 0 Å². The molecule has 0 radical (unpaired) electrons. The summed E-state index contributed by atoms with van der Waals surface area (Å²) in [7, 11) is 1.75. The number of nitrogens with two attached hydrogens (primary N) is 1. The molecule has 0 aromatic carbocycles. The molecule has 146 valence electrons. The van der Waals surface area contributed by atoms with E-state index in [0.29, 0.717) is 5.25 Å². The summed E-state index contributed by atoms with van der Waals surface area (Å²) in [5, 5.41) is 1.67. The lowest BCUT2D eigenvalue weighted by Crippen LogP contribution is -2.14. The molecule has 7 heteroatoms. The number of H-pyrrole nitrogens is 1. The van der Waals surface area contributed by atoms with Crippen molar-refractivity contribution in [3.63, 3.8) is 0 Å². The van der Waals surface area contributed by atoms with Crippen LogP contribution in [-0.4, -0.2) is 14.8 Å². The molecule has 0 unspecified atom stereocenters. The fourth-order valence-electron chi connectivity index (χ4n) is 3.47. The summed E-state index contributed by atoms with van der Waals surface area (Å²) >= 11 is 3.54. The molecule has 0 bridgehead atoms. The number of nitrogens with zero attached hydrogens (tertiary/aromatic N) is 2. The van der Waals surface area contributed by atoms with Gasteiger partial charge in [-0.2, -0.15) is 0 Å². The Morgan fingerprint density at radius 2 is 2.14 bits per heavy atom. The predicted molar refractivity (Wildman–Crippen MR) is 120 cm³/mol. The zero-order chi connectivity index (χ0) is 20.0. The highest BCUT2D eigenvalue weighted by molar-refractivity contribution is 8.02. The van der Waals surface area contributed by atoms with E-state index in [-0.39, 0.29) is 5.56 Å². The van der Waals surface area contributed by atoms with Crippen LogP contribution in [-0.2, 0) is 7.05 Å². The zero-order valence-electron chi connectivity index (χ0n) is 16.0. The second kappa shape index (κ2) is 7.31. The molecule has 0 amide bonds. The Hall–Kier alpha value is -2.64. The SMILES string of the molecule is Cn1ccc(-c2cc(-c3ccc[nH+]c3)c3c(N)c(SC4CCC4)sc3n2)cc1=O. The number of thioether (sulfide) groups is 1. The van der Waals surface area contributed by atoms with Crippen LogP contribution in [0.5, 0.6) is 0 Å². The lowest BCUT2D eigenvalue weighted by molar-refractivity contribution is -0.377. The number of fused-ring (bicyclic) bond motifs is 1. The summed E-state index contributed by atoms with van der Waals surface area (Å²) in [4.78, 5) is 21.1. The van der Waals surface area contributed by atoms with E-state index in [1.807, 2.05) is 42.4 Å². The van der Waals surface area contributed by atoms with Crippen LogP contribution in [0.1, 0.15) is 19.3 Å². The van der Waals surface area contributed by atoms with Gasteiger partial charge >= 0.3 is 0 Å². The second-order valence-electron chi connectivity index (χ2n) is 7.37. The van der Waals surface area contributed by atoms with Gasteiger partial charge in [-0.05, 0) is 31.0 Å². The first-order valence-electron chi connectivity index (χ1n) is 9.63. The summed E-state index contributed by atoms with van der Waals surface area (Å²) < 4.78 is 2.71. The maximum Gasteiger partial charge on any atom is 0.250 e. The molecule has 0 atom stereocenters. The molecule has 0 saturated heterocycles. The number of anilines is 1. The number of hydrogen-bond acceptors (Lipinski definition) is 5. The van der Waals surface area contributed by atoms with Crippen LogP contribution in [0.3, 0.4) is 0 Å². The molecule has 4 heterocycles. The first kappa shape index (κ1) is 18.4. The topological polar surface area (TPSA) is 75.1 Å². The molecule has 4 aromatic heterocycles. The number of hydrogen-bond donors (Lipinski definition) is 1. The normalized spacial score (nSPS) is 14.2. The van der Waals surface area contributed by atoms with Crippen LogP contribution in [0.2, 0.25) is 0 Å². The largest absolute Gasteiger partial charge is 0.397 e. The Morgan fingerprint density at radius 3 is 2.83 bits per heavy atom. The highest BCUT2D eigenvalue weighted by Crippen LogP contribution is 2.48. The molecule has 0 spiro atoms. The number of thiophene rings is 1. The molecular weight excluding hydrogens is 400 g/mol. The molecule has 4 aromatic rings. The molecule has 5 nitrogen and oxygen atoms in total. The monoisotopic (exact) mass is 421 g/mol. The maximum atomic E-state index is 12.2. The van der Waals surface area contributed by atoms with E-state index >= 15 is 0 Å². The molecular formula is C22H21N4OS2+. The average molecular weight is 422 g/mol. The first-order chi connectivity index (χ1) is 14.1. The summed E-state index contributed by atoms with van der Waals surface area (Å²) in [6, 6.07) is 9.65. The minimum Gasteiger partial charge on any atom is -0.397 e. The molecule has 3 N–H and O–H groups in total. The number of aryl methyl sites for hydroxylation is 1. The highest BCUT2D eigenvalue weighted by atomic mass is 32.2. The fraction of sp³-hybridized carbons (Fsp3) is 0.227. The van der Waals surface area contributed by atoms with Crippen LogP contribution in [0, 0.1) is 0 Å². The van der Waals surface area contributed by atoms with Gasteiger partial charge in [-0.25, -0.2) is 9.97 Å². The molecule has 1 aliphatic rings. The molecule has 29 heavy (non-hydrogen) atoms. The Balaban J connectivity index is 1.73. The van der Waals surface area contributed by atoms with E-state index in [9.17, 15) is 4.79 Å². The summed E-state index contributed by atoms with van der Waals surface area (Å²) in [6.45, 7) is 0. The second-order valence-corrected chi connectivity index (χ2v) is 9.93. The van der Waals surface area contributed by atoms with Crippen LogP contribution < -0.4 is 16.3 Å². The van der Waals surface area contributed by atoms with Gasteiger partial charge in [0.05, 0.1) is 15.6 Å². The van der Waals surface area contributed by atoms with Gasteiger partial charge in [-0.15, -0.1) is 23.1 Å². The number of rotatable bonds is 4. The van der Waals surface area contributed by atoms with Crippen molar-refractivity contribution in [2.24, 2.45) is 7.05 Å². The third kappa shape index (κ3) is 3.34. The van der Waals surface area contributed by atoms with Crippen molar-refractivity contribution in [2.45, 2.75) is 28.7 Å². The highest BCUT2D eigenvalue weighted by Gasteiger charge is 2.24. The Bertz CT molecular complexity index is 1260. The van der Waals surface area contributed by atoms with Gasteiger partial charge in [0.1, 0.15) is 4.83 Å². The van der Waals surface area contributed by atoms with E-state index < -0.39 is 0 Å². The number of nitrogen functional groups attached to an aromatic ring is 1. The van der Waals surface area contributed by atoms with E-state index in [1.165, 1.54) is 19.3 Å². The van der Waals surface area contributed by atoms with Crippen molar-refractivity contribution in [3.8, 4) is 22.4 Å². The van der Waals surface area contributed by atoms with Gasteiger partial charge in [0.2, 0.25) is 0 Å². The molecule has 1 saturated carbocycles. The Labute approximate surface area is 176 Å². The number of nitrogens with one attached hydrogen (secondary N) is 1. The van der Waals surface area contributed by atoms with Crippen LogP contribution in [0.4, 0.5) is 5.69 Å². The third-order valence-corrected chi connectivity index (χ3v) is 8.08. The zero-order valence-corrected chi connectivity index (χ0v) is 17.6. The van der Waals surface area contributed by atoms with Crippen molar-refractivity contribution < 1.29 is 4.98 Å². The van der Waals surface area contributed by atoms with Crippen LogP contribution in [0.15, 0.2) is 57.9 Å². The number of pyridine rings is 3. The van der Waals surface area contributed by atoms with E-state index in [1.54, 1.807) is 35.2 Å². The molecule has 0 aliphatic heterocycles. The van der Waals surface area contributed by atoms with Gasteiger partial charge in [0, 0.05) is 52.7 Å². The van der Waals surface area contributed by atoms with E-state index in [4.69, 9.17) is 10.7 Å². The fourth-order valence-corrected chi connectivity index (χ4v) is 6.26. The minimum atomic E-state index is -0.0501. The smallest absolute Gasteiger partial charge is 0.250 e. The summed E-state index contributed by atoms with van der Waals surface area (Å²) in [5.74, 6) is 0. The molecule has 1 aliphatic carbocycles. The van der Waals surface area contributed by atoms with Crippen LogP contribution >= 0.6 is 23.1 Å². The van der Waals surface area contributed by atoms with Crippen LogP contribution in [0.25, 0.3) is 32.6 Å². The Morgan fingerprint density at radius 1 is 1.28 bits per heavy atom. The van der Waals surface area contributed by atoms with Crippen molar-refractivity contribution in [1.82, 2.24) is 9.55 Å². The van der Waals surface area contributed by atoms with E-state index in [2.05, 4.69) is 11.1 Å². The summed E-state index contributed by atoms with van der Waals surface area (Å²) in [5.41, 5.74) is 11.1. The first-order valence-corrected chi connectivity index (χ1v) is 11.3. The minimum absolute atomic E-state index is 0.0501. The van der Waals surface area contributed by atoms with E-state index in [0.717, 1.165) is 42.5 Å². The standard InChI is InChI=1S/C22H20N4OS2/c1-26-9-7-13(10-18(26)27)17-11-16(14-4-3-8-24-12-14)19-20(23)22(29-21(19)25-17)28-15-5-2-6-15/h3-4,7-12,15H,2,5-6,23H2,1H3/p+1. The van der Waals surface area contributed by atoms with Crippen molar-refractivity contribution in [3.05, 3.63) is 59.3 Å². The van der Waals surface area contributed by atoms with Gasteiger partial charge in [0.25, 0.3) is 5.56 Å². The average Bonchev–Trinajstić information content (AvgIpc) is 3.02. The lowest BCUT2D eigenvalue weighted by atomic mass is 10.00. The maximum absolute atomic E-state index is 12.2. The molecule has 5 rings (SSSR count). The third-order valence-electron chi connectivity index (χ3n) is 5.41. The molecule has 1 fully saturated rings. The van der Waals surface area contributed by atoms with Gasteiger partial charge in [0.15, 0.2) is 12.4 Å². The quantitative estimate of drug-likeness (QED) is 0.531. The Kier molecular flexibility index (Phi) is 4.64. The summed E-state index contributed by atoms with van der Waals surface area (Å²) in [6.07, 6.45) is 9.45. The van der Waals surface area contributed by atoms with Crippen molar-refractivity contribution in [2.75, 3.05) is 5.73 Å². The number of aromatic amines is 1. The van der Waals surface area contributed by atoms with Gasteiger partial charge in [-0.3, -0.25) is 4.79 Å². The lowest BCUT2D eigenvalue weighted by Gasteiger charge is -2.23. The van der Waals surface area contributed by atoms with Crippen molar-refractivity contribution >= 4 is 39.0 Å². The van der Waals surface area contributed by atoms with Gasteiger partial charge < -0.3 is 10.3 Å². The number of aromatic nitrogens is 3.